The van der Waals surface area contributed by atoms with Gasteiger partial charge in [-0.3, -0.25) is 9.59 Å². The number of carbonyl (C=O) groups excluding carboxylic acids is 2. The molecule has 0 spiro atoms. The van der Waals surface area contributed by atoms with E-state index < -0.39 is 0 Å². The van der Waals surface area contributed by atoms with E-state index in [2.05, 4.69) is 0 Å². The Morgan fingerprint density at radius 3 is 2.45 bits per heavy atom. The Morgan fingerprint density at radius 1 is 1.25 bits per heavy atom. The maximum absolute atomic E-state index is 12.6. The number of carbonyl (C=O) groups is 2. The van der Waals surface area contributed by atoms with Crippen LogP contribution >= 0.6 is 0 Å². The van der Waals surface area contributed by atoms with Crippen LogP contribution < -0.4 is 5.73 Å². The van der Waals surface area contributed by atoms with Gasteiger partial charge in [0.1, 0.15) is 0 Å². The van der Waals surface area contributed by atoms with Gasteiger partial charge in [-0.25, -0.2) is 0 Å². The number of hydrogen-bond donors (Lipinski definition) is 1. The van der Waals surface area contributed by atoms with Gasteiger partial charge < -0.3 is 20.3 Å². The molecule has 1 fully saturated rings. The van der Waals surface area contributed by atoms with Crippen molar-refractivity contribution in [3.63, 3.8) is 0 Å². The molecule has 2 amide bonds. The average molecular weight is 285 g/mol. The predicted octanol–water partition coefficient (Wildman–Crippen LogP) is 0.0671. The smallest absolute Gasteiger partial charge is 0.241 e. The van der Waals surface area contributed by atoms with Gasteiger partial charge in [-0.1, -0.05) is 12.8 Å². The fraction of sp³-hybridized carbons (Fsp3) is 0.857. The van der Waals surface area contributed by atoms with E-state index in [1.165, 1.54) is 4.90 Å². The molecule has 20 heavy (non-hydrogen) atoms. The van der Waals surface area contributed by atoms with E-state index in [1.54, 1.807) is 26.1 Å². The molecule has 0 bridgehead atoms. The van der Waals surface area contributed by atoms with Gasteiger partial charge in [-0.15, -0.1) is 0 Å². The third-order valence-electron chi connectivity index (χ3n) is 3.84. The Hall–Kier alpha value is -1.14. The van der Waals surface area contributed by atoms with Gasteiger partial charge in [0.2, 0.25) is 11.8 Å². The van der Waals surface area contributed by atoms with E-state index in [0.717, 1.165) is 25.7 Å². The second-order valence-corrected chi connectivity index (χ2v) is 5.60. The first-order chi connectivity index (χ1) is 9.47. The topological polar surface area (TPSA) is 75.9 Å². The Bertz CT molecular complexity index is 334. The van der Waals surface area contributed by atoms with Crippen molar-refractivity contribution in [1.82, 2.24) is 9.80 Å². The first-order valence-electron chi connectivity index (χ1n) is 7.20. The van der Waals surface area contributed by atoms with Crippen LogP contribution in [0, 0.1) is 5.92 Å². The molecule has 0 radical (unpaired) electrons. The number of nitrogens with zero attached hydrogens (tertiary/aromatic N) is 2. The molecule has 0 aromatic carbocycles. The second-order valence-electron chi connectivity index (χ2n) is 5.60. The van der Waals surface area contributed by atoms with Crippen LogP contribution in [0.15, 0.2) is 0 Å². The van der Waals surface area contributed by atoms with E-state index in [1.807, 2.05) is 0 Å². The molecular weight excluding hydrogens is 258 g/mol. The van der Waals surface area contributed by atoms with Crippen molar-refractivity contribution in [3.8, 4) is 0 Å². The van der Waals surface area contributed by atoms with Gasteiger partial charge in [0.25, 0.3) is 0 Å². The monoisotopic (exact) mass is 285 g/mol. The lowest BCUT2D eigenvalue weighted by molar-refractivity contribution is -0.143. The van der Waals surface area contributed by atoms with Crippen LogP contribution in [0.5, 0.6) is 0 Å². The molecular formula is C14H27N3O3. The number of rotatable bonds is 6. The molecule has 116 valence electrons. The van der Waals surface area contributed by atoms with Crippen molar-refractivity contribution < 1.29 is 14.3 Å². The molecule has 6 heteroatoms. The van der Waals surface area contributed by atoms with Crippen LogP contribution in [0.1, 0.15) is 25.7 Å². The molecule has 1 rings (SSSR count). The largest absolute Gasteiger partial charge is 0.383 e. The zero-order valence-electron chi connectivity index (χ0n) is 12.8. The first kappa shape index (κ1) is 16.9. The lowest BCUT2D eigenvalue weighted by Crippen LogP contribution is -2.49. The summed E-state index contributed by atoms with van der Waals surface area (Å²) in [4.78, 5) is 27.5. The fourth-order valence-electron chi connectivity index (χ4n) is 2.47. The van der Waals surface area contributed by atoms with Gasteiger partial charge in [-0.2, -0.15) is 0 Å². The number of likely N-dealkylation sites (N-methyl/N-ethyl adjacent to an activating group) is 1. The van der Waals surface area contributed by atoms with Gasteiger partial charge in [0, 0.05) is 33.8 Å². The van der Waals surface area contributed by atoms with Crippen LogP contribution in [-0.2, 0) is 14.3 Å². The van der Waals surface area contributed by atoms with E-state index in [9.17, 15) is 9.59 Å². The van der Waals surface area contributed by atoms with E-state index in [0.29, 0.717) is 13.2 Å². The Morgan fingerprint density at radius 2 is 1.90 bits per heavy atom. The minimum Gasteiger partial charge on any atom is -0.383 e. The van der Waals surface area contributed by atoms with Crippen molar-refractivity contribution in [2.75, 3.05) is 40.9 Å². The highest BCUT2D eigenvalue weighted by atomic mass is 16.5. The zero-order chi connectivity index (χ0) is 15.1. The number of methoxy groups -OCH3 is 1. The van der Waals surface area contributed by atoms with Crippen molar-refractivity contribution in [2.24, 2.45) is 11.7 Å². The zero-order valence-corrected chi connectivity index (χ0v) is 12.8. The molecule has 1 aliphatic rings. The second kappa shape index (κ2) is 8.21. The summed E-state index contributed by atoms with van der Waals surface area (Å²) in [5.74, 6) is -0.251. The van der Waals surface area contributed by atoms with Gasteiger partial charge >= 0.3 is 0 Å². The summed E-state index contributed by atoms with van der Waals surface area (Å²) in [5.41, 5.74) is 6.06. The minimum atomic E-state index is -0.157. The van der Waals surface area contributed by atoms with Crippen LogP contribution in [-0.4, -0.2) is 68.6 Å². The summed E-state index contributed by atoms with van der Waals surface area (Å²) in [6.45, 7) is 0.949. The summed E-state index contributed by atoms with van der Waals surface area (Å²) in [6.07, 6.45) is 3.82. The number of amides is 2. The fourth-order valence-corrected chi connectivity index (χ4v) is 2.47. The average Bonchev–Trinajstić information content (AvgIpc) is 2.42. The van der Waals surface area contributed by atoms with Gasteiger partial charge in [0.15, 0.2) is 0 Å². The van der Waals surface area contributed by atoms with Crippen molar-refractivity contribution in [1.29, 1.82) is 0 Å². The maximum atomic E-state index is 12.6. The molecule has 2 atom stereocenters. The summed E-state index contributed by atoms with van der Waals surface area (Å²) in [7, 11) is 4.96. The van der Waals surface area contributed by atoms with Crippen LogP contribution in [0.4, 0.5) is 0 Å². The Kier molecular flexibility index (Phi) is 6.95. The third-order valence-corrected chi connectivity index (χ3v) is 3.84. The van der Waals surface area contributed by atoms with Gasteiger partial charge in [0.05, 0.1) is 19.1 Å². The molecule has 0 heterocycles. The van der Waals surface area contributed by atoms with Crippen LogP contribution in [0.25, 0.3) is 0 Å². The molecule has 0 aromatic heterocycles. The highest BCUT2D eigenvalue weighted by Crippen LogP contribution is 2.24. The quantitative estimate of drug-likeness (QED) is 0.749. The molecule has 0 saturated heterocycles. The number of hydrogen-bond acceptors (Lipinski definition) is 4. The van der Waals surface area contributed by atoms with E-state index in [-0.39, 0.29) is 30.3 Å². The molecule has 0 aliphatic heterocycles. The Balaban J connectivity index is 2.69. The Labute approximate surface area is 121 Å². The minimum absolute atomic E-state index is 0.00977. The lowest BCUT2D eigenvalue weighted by atomic mass is 9.84. The molecule has 0 aromatic rings. The molecule has 2 unspecified atom stereocenters. The molecule has 2 N–H and O–H groups in total. The van der Waals surface area contributed by atoms with Crippen molar-refractivity contribution >= 4 is 11.8 Å². The van der Waals surface area contributed by atoms with Crippen LogP contribution in [0.2, 0.25) is 0 Å². The first-order valence-corrected chi connectivity index (χ1v) is 7.20. The van der Waals surface area contributed by atoms with Crippen LogP contribution in [0.3, 0.4) is 0 Å². The summed E-state index contributed by atoms with van der Waals surface area (Å²) in [5, 5.41) is 0. The maximum Gasteiger partial charge on any atom is 0.241 e. The highest BCUT2D eigenvalue weighted by Gasteiger charge is 2.32. The molecule has 6 nitrogen and oxygen atoms in total. The highest BCUT2D eigenvalue weighted by molar-refractivity contribution is 5.86. The SMILES string of the molecule is COCCN(CC(=O)N(C)C)C(=O)C1CCCCC1N. The summed E-state index contributed by atoms with van der Waals surface area (Å²) in [6, 6.07) is -0.0873. The van der Waals surface area contributed by atoms with Crippen molar-refractivity contribution in [3.05, 3.63) is 0 Å². The number of ether oxygens (including phenoxy) is 1. The van der Waals surface area contributed by atoms with E-state index in [4.69, 9.17) is 10.5 Å². The predicted molar refractivity (Wildman–Crippen MR) is 77.1 cm³/mol. The third kappa shape index (κ3) is 4.76. The van der Waals surface area contributed by atoms with Gasteiger partial charge in [-0.05, 0) is 12.8 Å². The normalized spacial score (nSPS) is 22.4. The summed E-state index contributed by atoms with van der Waals surface area (Å²) < 4.78 is 5.03. The lowest BCUT2D eigenvalue weighted by Gasteiger charge is -2.33. The number of nitrogens with two attached hydrogens (primary N) is 1. The van der Waals surface area contributed by atoms with E-state index >= 15 is 0 Å². The molecule has 1 saturated carbocycles. The molecule has 1 aliphatic carbocycles. The van der Waals surface area contributed by atoms with Crippen molar-refractivity contribution in [2.45, 2.75) is 31.7 Å². The summed E-state index contributed by atoms with van der Waals surface area (Å²) >= 11 is 0. The standard InChI is InChI=1S/C14H27N3O3/c1-16(2)13(18)10-17(8-9-20-3)14(19)11-6-4-5-7-12(11)15/h11-12H,4-10,15H2,1-3H3.